The molecule has 1 heteroatoms. The second-order valence-corrected chi connectivity index (χ2v) is 2.83. The Kier molecular flexibility index (Phi) is 7.91. The summed E-state index contributed by atoms with van der Waals surface area (Å²) in [5.41, 5.74) is 0. The number of hydrogen-bond donors (Lipinski definition) is 0. The lowest BCUT2D eigenvalue weighted by molar-refractivity contribution is 0.830. The Morgan fingerprint density at radius 3 is 2.62 bits per heavy atom. The Morgan fingerprint density at radius 2 is 2.12 bits per heavy atom. The van der Waals surface area contributed by atoms with Crippen LogP contribution in [0.25, 0.3) is 0 Å². The van der Waals surface area contributed by atoms with Gasteiger partial charge in [0.05, 0.1) is 0 Å². The zero-order valence-electron chi connectivity index (χ0n) is 5.36. The molecule has 0 aromatic carbocycles. The van der Waals surface area contributed by atoms with Gasteiger partial charge in [0, 0.05) is 0 Å². The molecule has 0 aliphatic rings. The van der Waals surface area contributed by atoms with Gasteiger partial charge in [0.2, 0.25) is 0 Å². The molecule has 0 heterocycles. The maximum Gasteiger partial charge on any atom is -0.000462 e. The molecular weight excluding hydrogens is 211 g/mol. The molecule has 0 unspecified atom stereocenters. The summed E-state index contributed by atoms with van der Waals surface area (Å²) in [6.45, 7) is 2.07. The standard InChI is InChI=1S/C7H13I/c1-2-3-4-5-6-7-8/h2-3H,4-7H2,1H3/b3-2+. The molecule has 0 fully saturated rings. The zero-order chi connectivity index (χ0) is 6.24. The molecule has 0 N–H and O–H groups in total. The number of allylic oxidation sites excluding steroid dienone is 2. The van der Waals surface area contributed by atoms with Gasteiger partial charge in [0.15, 0.2) is 0 Å². The first kappa shape index (κ1) is 8.47. The van der Waals surface area contributed by atoms with Crippen LogP contribution in [0.3, 0.4) is 0 Å². The quantitative estimate of drug-likeness (QED) is 0.298. The van der Waals surface area contributed by atoms with Gasteiger partial charge in [-0.25, -0.2) is 0 Å². The molecule has 0 saturated heterocycles. The Bertz CT molecular complexity index is 57.4. The number of alkyl halides is 1. The highest BCUT2D eigenvalue weighted by Gasteiger charge is 1.79. The summed E-state index contributed by atoms with van der Waals surface area (Å²) >= 11 is 2.42. The van der Waals surface area contributed by atoms with Crippen molar-refractivity contribution in [1.82, 2.24) is 0 Å². The molecule has 0 amide bonds. The summed E-state index contributed by atoms with van der Waals surface area (Å²) in [7, 11) is 0. The summed E-state index contributed by atoms with van der Waals surface area (Å²) in [5.74, 6) is 0. The van der Waals surface area contributed by atoms with E-state index in [1.165, 1.54) is 23.7 Å². The van der Waals surface area contributed by atoms with E-state index in [0.29, 0.717) is 0 Å². The first-order chi connectivity index (χ1) is 3.91. The van der Waals surface area contributed by atoms with Gasteiger partial charge in [-0.1, -0.05) is 34.7 Å². The van der Waals surface area contributed by atoms with E-state index in [-0.39, 0.29) is 0 Å². The van der Waals surface area contributed by atoms with E-state index in [9.17, 15) is 0 Å². The monoisotopic (exact) mass is 224 g/mol. The molecule has 0 atom stereocenters. The average Bonchev–Trinajstić information content (AvgIpc) is 1.81. The molecule has 0 aliphatic carbocycles. The third kappa shape index (κ3) is 6.47. The smallest absolute Gasteiger partial charge is 0.000462 e. The molecule has 0 aromatic heterocycles. The molecule has 0 bridgehead atoms. The van der Waals surface area contributed by atoms with Crippen LogP contribution in [0.2, 0.25) is 0 Å². The van der Waals surface area contributed by atoms with Crippen molar-refractivity contribution in [3.05, 3.63) is 12.2 Å². The van der Waals surface area contributed by atoms with E-state index in [0.717, 1.165) is 0 Å². The van der Waals surface area contributed by atoms with Crippen LogP contribution < -0.4 is 0 Å². The van der Waals surface area contributed by atoms with Crippen molar-refractivity contribution in [2.24, 2.45) is 0 Å². The fourth-order valence-electron chi connectivity index (χ4n) is 0.523. The minimum atomic E-state index is 1.26. The van der Waals surface area contributed by atoms with E-state index in [2.05, 4.69) is 41.7 Å². The van der Waals surface area contributed by atoms with Gasteiger partial charge < -0.3 is 0 Å². The lowest BCUT2D eigenvalue weighted by Crippen LogP contribution is -1.72. The Balaban J connectivity index is 2.72. The van der Waals surface area contributed by atoms with Crippen LogP contribution in [-0.2, 0) is 0 Å². The number of rotatable bonds is 4. The molecule has 8 heavy (non-hydrogen) atoms. The van der Waals surface area contributed by atoms with E-state index in [1.807, 2.05) is 0 Å². The van der Waals surface area contributed by atoms with Crippen molar-refractivity contribution < 1.29 is 0 Å². The van der Waals surface area contributed by atoms with Gasteiger partial charge in [-0.05, 0) is 30.6 Å². The summed E-state index contributed by atoms with van der Waals surface area (Å²) in [6, 6.07) is 0. The fraction of sp³-hybridized carbons (Fsp3) is 0.714. The summed E-state index contributed by atoms with van der Waals surface area (Å²) in [6.07, 6.45) is 8.33. The Labute approximate surface area is 65.5 Å². The highest BCUT2D eigenvalue weighted by atomic mass is 127. The van der Waals surface area contributed by atoms with Gasteiger partial charge in [-0.2, -0.15) is 0 Å². The Hall–Kier alpha value is 0.470. The largest absolute Gasteiger partial charge is 0.0917 e. The molecule has 0 aliphatic heterocycles. The highest BCUT2D eigenvalue weighted by molar-refractivity contribution is 14.1. The predicted molar refractivity (Wildman–Crippen MR) is 47.6 cm³/mol. The zero-order valence-corrected chi connectivity index (χ0v) is 7.52. The SMILES string of the molecule is C/C=C/CCCCI. The van der Waals surface area contributed by atoms with Crippen molar-refractivity contribution in [2.45, 2.75) is 26.2 Å². The number of hydrogen-bond acceptors (Lipinski definition) is 0. The number of halogens is 1. The Morgan fingerprint density at radius 1 is 1.38 bits per heavy atom. The maximum atomic E-state index is 2.42. The molecular formula is C7H13I. The van der Waals surface area contributed by atoms with E-state index in [1.54, 1.807) is 0 Å². The number of unbranched alkanes of at least 4 members (excludes halogenated alkanes) is 2. The van der Waals surface area contributed by atoms with Crippen LogP contribution in [0.15, 0.2) is 12.2 Å². The maximum absolute atomic E-state index is 2.42. The second kappa shape index (κ2) is 7.47. The molecule has 0 radical (unpaired) electrons. The van der Waals surface area contributed by atoms with E-state index < -0.39 is 0 Å². The van der Waals surface area contributed by atoms with Crippen LogP contribution in [0, 0.1) is 0 Å². The van der Waals surface area contributed by atoms with Gasteiger partial charge in [-0.3, -0.25) is 0 Å². The highest BCUT2D eigenvalue weighted by Crippen LogP contribution is 1.98. The molecule has 0 spiro atoms. The van der Waals surface area contributed by atoms with Crippen molar-refractivity contribution in [2.75, 3.05) is 4.43 Å². The first-order valence-electron chi connectivity index (χ1n) is 3.09. The molecule has 48 valence electrons. The summed E-state index contributed by atoms with van der Waals surface area (Å²) < 4.78 is 1.30. The molecule has 0 nitrogen and oxygen atoms in total. The third-order valence-electron chi connectivity index (χ3n) is 0.990. The minimum Gasteiger partial charge on any atom is -0.0917 e. The summed E-state index contributed by atoms with van der Waals surface area (Å²) in [5, 5.41) is 0. The normalized spacial score (nSPS) is 10.8. The van der Waals surface area contributed by atoms with Crippen LogP contribution in [0.4, 0.5) is 0 Å². The fourth-order valence-corrected chi connectivity index (χ4v) is 1.06. The van der Waals surface area contributed by atoms with Gasteiger partial charge in [0.25, 0.3) is 0 Å². The van der Waals surface area contributed by atoms with Crippen molar-refractivity contribution in [1.29, 1.82) is 0 Å². The van der Waals surface area contributed by atoms with Crippen LogP contribution >= 0.6 is 22.6 Å². The van der Waals surface area contributed by atoms with Crippen molar-refractivity contribution >= 4 is 22.6 Å². The van der Waals surface area contributed by atoms with Crippen LogP contribution in [-0.4, -0.2) is 4.43 Å². The molecule has 0 rings (SSSR count). The lowest BCUT2D eigenvalue weighted by atomic mass is 10.2. The van der Waals surface area contributed by atoms with Crippen molar-refractivity contribution in [3.63, 3.8) is 0 Å². The lowest BCUT2D eigenvalue weighted by Gasteiger charge is -1.88. The molecule has 0 saturated carbocycles. The van der Waals surface area contributed by atoms with Gasteiger partial charge in [-0.15, -0.1) is 0 Å². The molecule has 0 aromatic rings. The predicted octanol–water partition coefficient (Wildman–Crippen LogP) is 3.17. The third-order valence-corrected chi connectivity index (χ3v) is 1.75. The first-order valence-corrected chi connectivity index (χ1v) is 4.61. The van der Waals surface area contributed by atoms with Crippen LogP contribution in [0.1, 0.15) is 26.2 Å². The summed E-state index contributed by atoms with van der Waals surface area (Å²) in [4.78, 5) is 0. The van der Waals surface area contributed by atoms with Gasteiger partial charge >= 0.3 is 0 Å². The topological polar surface area (TPSA) is 0 Å². The van der Waals surface area contributed by atoms with Crippen molar-refractivity contribution in [3.8, 4) is 0 Å². The van der Waals surface area contributed by atoms with Crippen LogP contribution in [0.5, 0.6) is 0 Å². The minimum absolute atomic E-state index is 1.26. The van der Waals surface area contributed by atoms with E-state index >= 15 is 0 Å². The second-order valence-electron chi connectivity index (χ2n) is 1.75. The van der Waals surface area contributed by atoms with Gasteiger partial charge in [0.1, 0.15) is 0 Å². The average molecular weight is 224 g/mol. The van der Waals surface area contributed by atoms with E-state index in [4.69, 9.17) is 0 Å².